The summed E-state index contributed by atoms with van der Waals surface area (Å²) in [6.07, 6.45) is -22.9. The van der Waals surface area contributed by atoms with Crippen molar-refractivity contribution >= 4 is 0 Å². The lowest BCUT2D eigenvalue weighted by atomic mass is 10.2. The molecule has 0 bridgehead atoms. The molecule has 0 rings (SSSR count). The Morgan fingerprint density at radius 2 is 1.27 bits per heavy atom. The minimum absolute atomic E-state index is 0.0677. The largest absolute Gasteiger partial charge is 0.471 e. The van der Waals surface area contributed by atoms with Crippen molar-refractivity contribution in [3.8, 4) is 0 Å². The Balaban J connectivity index is 5.60. The van der Waals surface area contributed by atoms with E-state index in [1.807, 2.05) is 4.74 Å². The molecule has 16 heteroatoms. The molecule has 1 atom stereocenters. The minimum Gasteiger partial charge on any atom is -0.398 e. The third-order valence-electron chi connectivity index (χ3n) is 3.23. The first kappa shape index (κ1) is 28.5. The van der Waals surface area contributed by atoms with Crippen LogP contribution in [0.4, 0.5) is 57.1 Å². The number of ether oxygens (including phenoxy) is 3. The van der Waals surface area contributed by atoms with Crippen molar-refractivity contribution in [3.63, 3.8) is 0 Å². The third-order valence-corrected chi connectivity index (χ3v) is 3.23. The average Bonchev–Trinajstić information content (AvgIpc) is 2.55. The molecule has 1 unspecified atom stereocenters. The summed E-state index contributed by atoms with van der Waals surface area (Å²) in [6.45, 7) is -1.20. The van der Waals surface area contributed by atoms with Gasteiger partial charge in [0.05, 0.1) is 0 Å². The molecule has 0 aliphatic carbocycles. The highest BCUT2D eigenvalue weighted by Gasteiger charge is 2.81. The fourth-order valence-electron chi connectivity index (χ4n) is 1.67. The molecule has 180 valence electrons. The molecular weight excluding hydrogens is 463 g/mol. The van der Waals surface area contributed by atoms with Crippen LogP contribution in [0.15, 0.2) is 12.1 Å². The van der Waals surface area contributed by atoms with Crippen LogP contribution in [0.3, 0.4) is 0 Å². The Morgan fingerprint density at radius 3 is 1.70 bits per heavy atom. The van der Waals surface area contributed by atoms with E-state index in [1.165, 1.54) is 0 Å². The van der Waals surface area contributed by atoms with Gasteiger partial charge in [-0.05, 0) is 6.42 Å². The van der Waals surface area contributed by atoms with E-state index in [1.54, 1.807) is 6.92 Å². The van der Waals surface area contributed by atoms with E-state index in [4.69, 9.17) is 0 Å². The van der Waals surface area contributed by atoms with Crippen LogP contribution in [0.1, 0.15) is 32.6 Å². The molecule has 0 aromatic carbocycles. The molecule has 0 amide bonds. The topological polar surface area (TPSA) is 27.7 Å². The van der Waals surface area contributed by atoms with Gasteiger partial charge in [0.2, 0.25) is 0 Å². The molecule has 0 aliphatic heterocycles. The van der Waals surface area contributed by atoms with E-state index in [0.717, 1.165) is 0 Å². The molecule has 0 saturated carbocycles. The first-order chi connectivity index (χ1) is 13.3. The molecule has 0 aromatic rings. The first-order valence-corrected chi connectivity index (χ1v) is 7.91. The monoisotopic (exact) mass is 478 g/mol. The summed E-state index contributed by atoms with van der Waals surface area (Å²) < 4.78 is 176. The summed E-state index contributed by atoms with van der Waals surface area (Å²) in [4.78, 5) is 0. The molecule has 0 fully saturated rings. The number of rotatable bonds is 13. The highest BCUT2D eigenvalue weighted by atomic mass is 19.4. The third kappa shape index (κ3) is 7.06. The van der Waals surface area contributed by atoms with Gasteiger partial charge in [0.1, 0.15) is 6.61 Å². The lowest BCUT2D eigenvalue weighted by molar-refractivity contribution is -0.517. The molecule has 0 aromatic heterocycles. The predicted octanol–water partition coefficient (Wildman–Crippen LogP) is 6.70. The summed E-state index contributed by atoms with van der Waals surface area (Å²) >= 11 is 0. The van der Waals surface area contributed by atoms with Crippen LogP contribution in [-0.2, 0) is 14.2 Å². The fraction of sp³-hybridized carbons (Fsp3) is 0.857. The van der Waals surface area contributed by atoms with Gasteiger partial charge in [0, 0.05) is 6.61 Å². The van der Waals surface area contributed by atoms with Crippen molar-refractivity contribution in [2.45, 2.75) is 62.8 Å². The summed E-state index contributed by atoms with van der Waals surface area (Å²) in [6, 6.07) is -3.79. The standard InChI is InChI=1S/C14H15F13O3/c1-2-3-4-5-6-28-7-10(18,19)13(24,25)30-11(20,12(21,22)23)14(26,27)29-9(17)8(15)16/h2-7H2,1H3. The van der Waals surface area contributed by atoms with E-state index in [9.17, 15) is 57.1 Å². The maximum atomic E-state index is 13.7. The van der Waals surface area contributed by atoms with Gasteiger partial charge < -0.3 is 9.47 Å². The smallest absolute Gasteiger partial charge is 0.398 e. The molecule has 0 saturated heterocycles. The minimum atomic E-state index is -7.27. The van der Waals surface area contributed by atoms with E-state index < -0.39 is 55.5 Å². The second-order valence-electron chi connectivity index (χ2n) is 5.68. The molecular formula is C14H15F13O3. The summed E-state index contributed by atoms with van der Waals surface area (Å²) in [5.74, 6) is -13.0. The summed E-state index contributed by atoms with van der Waals surface area (Å²) in [5.41, 5.74) is 0. The number of alkyl halides is 10. The predicted molar refractivity (Wildman–Crippen MR) is 72.2 cm³/mol. The van der Waals surface area contributed by atoms with Crippen LogP contribution >= 0.6 is 0 Å². The van der Waals surface area contributed by atoms with Crippen molar-refractivity contribution in [3.05, 3.63) is 12.1 Å². The molecule has 0 spiro atoms. The number of unbranched alkanes of at least 4 members (excludes halogenated alkanes) is 3. The lowest BCUT2D eigenvalue weighted by Gasteiger charge is -2.37. The van der Waals surface area contributed by atoms with Gasteiger partial charge in [0.15, 0.2) is 0 Å². The van der Waals surface area contributed by atoms with E-state index >= 15 is 0 Å². The highest BCUT2D eigenvalue weighted by Crippen LogP contribution is 2.52. The second-order valence-corrected chi connectivity index (χ2v) is 5.68. The van der Waals surface area contributed by atoms with Gasteiger partial charge in [-0.2, -0.15) is 57.1 Å². The maximum Gasteiger partial charge on any atom is 0.471 e. The summed E-state index contributed by atoms with van der Waals surface area (Å²) in [5, 5.41) is 0. The number of halogens is 13. The highest BCUT2D eigenvalue weighted by molar-refractivity contribution is 4.94. The van der Waals surface area contributed by atoms with Crippen molar-refractivity contribution in [2.75, 3.05) is 13.2 Å². The molecule has 0 aliphatic rings. The zero-order valence-corrected chi connectivity index (χ0v) is 14.9. The normalized spacial score (nSPS) is 15.7. The van der Waals surface area contributed by atoms with E-state index in [2.05, 4.69) is 9.47 Å². The average molecular weight is 478 g/mol. The Hall–Kier alpha value is -1.45. The van der Waals surface area contributed by atoms with Crippen molar-refractivity contribution in [1.29, 1.82) is 0 Å². The fourth-order valence-corrected chi connectivity index (χ4v) is 1.67. The molecule has 0 heterocycles. The van der Waals surface area contributed by atoms with Crippen LogP contribution in [0.2, 0.25) is 0 Å². The van der Waals surface area contributed by atoms with Crippen LogP contribution in [0.5, 0.6) is 0 Å². The van der Waals surface area contributed by atoms with Gasteiger partial charge in [0.25, 0.3) is 0 Å². The van der Waals surface area contributed by atoms with Gasteiger partial charge in [-0.15, -0.1) is 0 Å². The quantitative estimate of drug-likeness (QED) is 0.168. The number of hydrogen-bond donors (Lipinski definition) is 0. The molecule has 0 radical (unpaired) electrons. The summed E-state index contributed by atoms with van der Waals surface area (Å²) in [7, 11) is 0. The first-order valence-electron chi connectivity index (χ1n) is 7.91. The van der Waals surface area contributed by atoms with Crippen LogP contribution < -0.4 is 0 Å². The SMILES string of the molecule is CCCCCCOCC(F)(F)C(F)(F)OC(F)(C(F)(F)F)C(F)(F)OC(F)=C(F)F. The van der Waals surface area contributed by atoms with Crippen LogP contribution in [0, 0.1) is 0 Å². The number of hydrogen-bond acceptors (Lipinski definition) is 3. The van der Waals surface area contributed by atoms with Gasteiger partial charge in [-0.3, -0.25) is 4.74 Å². The van der Waals surface area contributed by atoms with Gasteiger partial charge in [-0.1, -0.05) is 26.2 Å². The second kappa shape index (κ2) is 10.2. The van der Waals surface area contributed by atoms with Crippen LogP contribution in [-0.4, -0.2) is 43.4 Å². The molecule has 30 heavy (non-hydrogen) atoms. The van der Waals surface area contributed by atoms with Crippen molar-refractivity contribution in [2.24, 2.45) is 0 Å². The van der Waals surface area contributed by atoms with Crippen LogP contribution in [0.25, 0.3) is 0 Å². The van der Waals surface area contributed by atoms with E-state index in [-0.39, 0.29) is 6.42 Å². The Bertz CT molecular complexity index is 572. The molecule has 3 nitrogen and oxygen atoms in total. The Morgan fingerprint density at radius 1 is 0.733 bits per heavy atom. The van der Waals surface area contributed by atoms with Gasteiger partial charge >= 0.3 is 42.3 Å². The molecule has 0 N–H and O–H groups in total. The van der Waals surface area contributed by atoms with Gasteiger partial charge in [-0.25, -0.2) is 0 Å². The Labute approximate surface area is 160 Å². The Kier molecular flexibility index (Phi) is 9.74. The lowest BCUT2D eigenvalue weighted by Crippen LogP contribution is -2.63. The zero-order chi connectivity index (χ0) is 24.0. The van der Waals surface area contributed by atoms with Crippen molar-refractivity contribution in [1.82, 2.24) is 0 Å². The van der Waals surface area contributed by atoms with E-state index in [0.29, 0.717) is 19.3 Å². The zero-order valence-electron chi connectivity index (χ0n) is 14.9. The maximum absolute atomic E-state index is 13.7. The van der Waals surface area contributed by atoms with Crippen molar-refractivity contribution < 1.29 is 71.3 Å².